The minimum absolute atomic E-state index is 0.0421. The molecule has 1 aromatic rings. The molecule has 4 heteroatoms. The standard InChI is InChI=1S/C9H17N3O/c1-5(2)8-11-9(13-12-8)6(3)7(4)10/h5-7H,10H2,1-4H3. The van der Waals surface area contributed by atoms with Crippen LogP contribution in [0.25, 0.3) is 0 Å². The lowest BCUT2D eigenvalue weighted by Crippen LogP contribution is -2.22. The third-order valence-electron chi connectivity index (χ3n) is 2.15. The quantitative estimate of drug-likeness (QED) is 0.773. The van der Waals surface area contributed by atoms with Crippen molar-refractivity contribution in [3.8, 4) is 0 Å². The van der Waals surface area contributed by atoms with Crippen molar-refractivity contribution in [1.82, 2.24) is 10.1 Å². The van der Waals surface area contributed by atoms with Gasteiger partial charge in [0.25, 0.3) is 0 Å². The molecule has 0 aliphatic carbocycles. The maximum atomic E-state index is 5.73. The largest absolute Gasteiger partial charge is 0.339 e. The van der Waals surface area contributed by atoms with Gasteiger partial charge in [-0.05, 0) is 6.92 Å². The number of nitrogens with two attached hydrogens (primary N) is 1. The molecule has 0 aromatic carbocycles. The molecule has 0 aliphatic heterocycles. The first-order valence-electron chi connectivity index (χ1n) is 4.61. The summed E-state index contributed by atoms with van der Waals surface area (Å²) in [6, 6.07) is 0.0421. The summed E-state index contributed by atoms with van der Waals surface area (Å²) >= 11 is 0. The van der Waals surface area contributed by atoms with E-state index in [0.717, 1.165) is 5.82 Å². The summed E-state index contributed by atoms with van der Waals surface area (Å²) in [5, 5.41) is 3.88. The normalized spacial score (nSPS) is 16.2. The van der Waals surface area contributed by atoms with E-state index in [2.05, 4.69) is 10.1 Å². The molecule has 0 spiro atoms. The summed E-state index contributed by atoms with van der Waals surface area (Å²) in [5.74, 6) is 1.82. The number of hydrogen-bond donors (Lipinski definition) is 1. The van der Waals surface area contributed by atoms with E-state index in [1.165, 1.54) is 0 Å². The molecule has 2 N–H and O–H groups in total. The predicted octanol–water partition coefficient (Wildman–Crippen LogP) is 1.64. The van der Waals surface area contributed by atoms with Gasteiger partial charge in [0, 0.05) is 12.0 Å². The van der Waals surface area contributed by atoms with Crippen LogP contribution in [0.5, 0.6) is 0 Å². The molecule has 74 valence electrons. The zero-order valence-electron chi connectivity index (χ0n) is 8.61. The number of aromatic nitrogens is 2. The second kappa shape index (κ2) is 3.87. The van der Waals surface area contributed by atoms with Crippen LogP contribution < -0.4 is 5.73 Å². The van der Waals surface area contributed by atoms with E-state index in [0.29, 0.717) is 11.8 Å². The van der Waals surface area contributed by atoms with Gasteiger partial charge in [-0.3, -0.25) is 0 Å². The van der Waals surface area contributed by atoms with Crippen LogP contribution in [0.4, 0.5) is 0 Å². The first-order chi connectivity index (χ1) is 6.02. The maximum Gasteiger partial charge on any atom is 0.231 e. The van der Waals surface area contributed by atoms with Gasteiger partial charge in [0.15, 0.2) is 5.82 Å². The van der Waals surface area contributed by atoms with E-state index in [1.54, 1.807) is 0 Å². The van der Waals surface area contributed by atoms with Crippen LogP contribution in [0.15, 0.2) is 4.52 Å². The molecule has 0 bridgehead atoms. The number of nitrogens with zero attached hydrogens (tertiary/aromatic N) is 2. The van der Waals surface area contributed by atoms with Gasteiger partial charge in [-0.2, -0.15) is 4.98 Å². The van der Waals surface area contributed by atoms with E-state index in [-0.39, 0.29) is 12.0 Å². The Labute approximate surface area is 78.5 Å². The molecular formula is C9H17N3O. The Morgan fingerprint density at radius 1 is 1.23 bits per heavy atom. The molecule has 0 saturated carbocycles. The molecule has 1 aromatic heterocycles. The molecule has 2 unspecified atom stereocenters. The Morgan fingerprint density at radius 3 is 2.23 bits per heavy atom. The van der Waals surface area contributed by atoms with Crippen molar-refractivity contribution in [3.63, 3.8) is 0 Å². The average molecular weight is 183 g/mol. The summed E-state index contributed by atoms with van der Waals surface area (Å²) in [6.07, 6.45) is 0. The van der Waals surface area contributed by atoms with Gasteiger partial charge in [-0.1, -0.05) is 25.9 Å². The molecule has 1 rings (SSSR count). The summed E-state index contributed by atoms with van der Waals surface area (Å²) in [7, 11) is 0. The fourth-order valence-electron chi connectivity index (χ4n) is 0.892. The highest BCUT2D eigenvalue weighted by atomic mass is 16.5. The van der Waals surface area contributed by atoms with E-state index >= 15 is 0 Å². The van der Waals surface area contributed by atoms with Crippen molar-refractivity contribution < 1.29 is 4.52 Å². The highest BCUT2D eigenvalue weighted by Gasteiger charge is 2.18. The van der Waals surface area contributed by atoms with Crippen LogP contribution in [0, 0.1) is 0 Å². The van der Waals surface area contributed by atoms with Crippen LogP contribution >= 0.6 is 0 Å². The molecule has 0 radical (unpaired) electrons. The summed E-state index contributed by atoms with van der Waals surface area (Å²) in [6.45, 7) is 7.99. The molecular weight excluding hydrogens is 166 g/mol. The lowest BCUT2D eigenvalue weighted by Gasteiger charge is -2.09. The lowest BCUT2D eigenvalue weighted by molar-refractivity contribution is 0.342. The van der Waals surface area contributed by atoms with Crippen LogP contribution in [0.1, 0.15) is 51.2 Å². The SMILES string of the molecule is CC(C)c1noc(C(C)C(C)N)n1. The molecule has 4 nitrogen and oxygen atoms in total. The summed E-state index contributed by atoms with van der Waals surface area (Å²) in [4.78, 5) is 4.27. The van der Waals surface area contributed by atoms with E-state index in [9.17, 15) is 0 Å². The van der Waals surface area contributed by atoms with Crippen molar-refractivity contribution in [2.75, 3.05) is 0 Å². The zero-order valence-corrected chi connectivity index (χ0v) is 8.61. The van der Waals surface area contributed by atoms with Crippen molar-refractivity contribution in [2.24, 2.45) is 5.73 Å². The van der Waals surface area contributed by atoms with Crippen LogP contribution in [-0.2, 0) is 0 Å². The molecule has 0 fully saturated rings. The van der Waals surface area contributed by atoms with Gasteiger partial charge >= 0.3 is 0 Å². The first-order valence-corrected chi connectivity index (χ1v) is 4.61. The average Bonchev–Trinajstić information content (AvgIpc) is 2.50. The molecule has 1 heterocycles. The smallest absolute Gasteiger partial charge is 0.231 e. The van der Waals surface area contributed by atoms with Crippen LogP contribution in [0.3, 0.4) is 0 Å². The third-order valence-corrected chi connectivity index (χ3v) is 2.15. The van der Waals surface area contributed by atoms with Gasteiger partial charge < -0.3 is 10.3 Å². The summed E-state index contributed by atoms with van der Waals surface area (Å²) in [5.41, 5.74) is 5.73. The van der Waals surface area contributed by atoms with Gasteiger partial charge in [-0.15, -0.1) is 0 Å². The van der Waals surface area contributed by atoms with Crippen LogP contribution in [-0.4, -0.2) is 16.2 Å². The fraction of sp³-hybridized carbons (Fsp3) is 0.778. The van der Waals surface area contributed by atoms with Crippen molar-refractivity contribution >= 4 is 0 Å². The van der Waals surface area contributed by atoms with Gasteiger partial charge in [0.2, 0.25) is 5.89 Å². The lowest BCUT2D eigenvalue weighted by atomic mass is 10.1. The summed E-state index contributed by atoms with van der Waals surface area (Å²) < 4.78 is 5.11. The topological polar surface area (TPSA) is 64.9 Å². The van der Waals surface area contributed by atoms with Gasteiger partial charge in [0.05, 0.1) is 5.92 Å². The van der Waals surface area contributed by atoms with Gasteiger partial charge in [0.1, 0.15) is 0 Å². The minimum atomic E-state index is 0.0421. The Bertz CT molecular complexity index is 268. The van der Waals surface area contributed by atoms with Crippen molar-refractivity contribution in [2.45, 2.75) is 45.6 Å². The second-order valence-corrected chi connectivity index (χ2v) is 3.79. The molecule has 0 aliphatic rings. The molecule has 0 amide bonds. The number of hydrogen-bond acceptors (Lipinski definition) is 4. The second-order valence-electron chi connectivity index (χ2n) is 3.79. The third kappa shape index (κ3) is 2.28. The highest BCUT2D eigenvalue weighted by Crippen LogP contribution is 2.18. The van der Waals surface area contributed by atoms with Crippen molar-refractivity contribution in [1.29, 1.82) is 0 Å². The fourth-order valence-corrected chi connectivity index (χ4v) is 0.892. The minimum Gasteiger partial charge on any atom is -0.339 e. The Kier molecular flexibility index (Phi) is 3.03. The van der Waals surface area contributed by atoms with Crippen LogP contribution in [0.2, 0.25) is 0 Å². The Hall–Kier alpha value is -0.900. The maximum absolute atomic E-state index is 5.73. The molecule has 13 heavy (non-hydrogen) atoms. The van der Waals surface area contributed by atoms with Crippen molar-refractivity contribution in [3.05, 3.63) is 11.7 Å². The Balaban J connectivity index is 2.79. The van der Waals surface area contributed by atoms with E-state index in [4.69, 9.17) is 10.3 Å². The zero-order chi connectivity index (χ0) is 10.0. The van der Waals surface area contributed by atoms with E-state index in [1.807, 2.05) is 27.7 Å². The van der Waals surface area contributed by atoms with E-state index < -0.39 is 0 Å². The first kappa shape index (κ1) is 10.2. The predicted molar refractivity (Wildman–Crippen MR) is 50.5 cm³/mol. The highest BCUT2D eigenvalue weighted by molar-refractivity contribution is 4.98. The monoisotopic (exact) mass is 183 g/mol. The number of rotatable bonds is 3. The van der Waals surface area contributed by atoms with Gasteiger partial charge in [-0.25, -0.2) is 0 Å². The molecule has 2 atom stereocenters. The Morgan fingerprint density at radius 2 is 1.85 bits per heavy atom. The molecule has 0 saturated heterocycles.